The quantitative estimate of drug-likeness (QED) is 0.531. The Balaban J connectivity index is 2.90. The number of hydrogen-bond donors (Lipinski definition) is 3. The lowest BCUT2D eigenvalue weighted by molar-refractivity contribution is -0.136. The second-order valence-electron chi connectivity index (χ2n) is 3.58. The number of rotatable bonds is 7. The van der Waals surface area contributed by atoms with E-state index in [0.717, 1.165) is 0 Å². The SMILES string of the molecule is NCCONC(=CCC(=O)O)c1ccc(Cl)c(Cl)c1. The van der Waals surface area contributed by atoms with E-state index >= 15 is 0 Å². The van der Waals surface area contributed by atoms with E-state index in [4.69, 9.17) is 38.9 Å². The maximum absolute atomic E-state index is 10.6. The first-order valence-corrected chi connectivity index (χ1v) is 6.25. The predicted molar refractivity (Wildman–Crippen MR) is 74.8 cm³/mol. The highest BCUT2D eigenvalue weighted by Gasteiger charge is 2.06. The summed E-state index contributed by atoms with van der Waals surface area (Å²) >= 11 is 11.7. The van der Waals surface area contributed by atoms with E-state index in [2.05, 4.69) is 5.48 Å². The Morgan fingerprint density at radius 1 is 1.42 bits per heavy atom. The van der Waals surface area contributed by atoms with Gasteiger partial charge in [0.2, 0.25) is 0 Å². The van der Waals surface area contributed by atoms with E-state index in [0.29, 0.717) is 34.5 Å². The van der Waals surface area contributed by atoms with Crippen LogP contribution in [-0.2, 0) is 9.63 Å². The van der Waals surface area contributed by atoms with Crippen molar-refractivity contribution in [3.63, 3.8) is 0 Å². The van der Waals surface area contributed by atoms with Crippen molar-refractivity contribution in [2.45, 2.75) is 6.42 Å². The minimum atomic E-state index is -0.946. The van der Waals surface area contributed by atoms with Gasteiger partial charge < -0.3 is 10.8 Å². The molecule has 7 heteroatoms. The Morgan fingerprint density at radius 2 is 2.16 bits per heavy atom. The van der Waals surface area contributed by atoms with Crippen molar-refractivity contribution in [3.05, 3.63) is 39.9 Å². The molecule has 0 aliphatic rings. The predicted octanol–water partition coefficient (Wildman–Crippen LogP) is 2.29. The van der Waals surface area contributed by atoms with Gasteiger partial charge in [-0.15, -0.1) is 0 Å². The highest BCUT2D eigenvalue weighted by Crippen LogP contribution is 2.25. The van der Waals surface area contributed by atoms with Gasteiger partial charge in [-0.05, 0) is 18.2 Å². The van der Waals surface area contributed by atoms with Gasteiger partial charge in [-0.25, -0.2) is 0 Å². The smallest absolute Gasteiger partial charge is 0.307 e. The molecule has 0 saturated heterocycles. The van der Waals surface area contributed by atoms with Gasteiger partial charge in [0.05, 0.1) is 28.8 Å². The van der Waals surface area contributed by atoms with Crippen molar-refractivity contribution in [2.75, 3.05) is 13.2 Å². The van der Waals surface area contributed by atoms with Crippen LogP contribution in [0.25, 0.3) is 5.70 Å². The lowest BCUT2D eigenvalue weighted by Gasteiger charge is -2.11. The fourth-order valence-electron chi connectivity index (χ4n) is 1.26. The molecule has 0 aliphatic heterocycles. The highest BCUT2D eigenvalue weighted by atomic mass is 35.5. The summed E-state index contributed by atoms with van der Waals surface area (Å²) in [7, 11) is 0. The van der Waals surface area contributed by atoms with Crippen molar-refractivity contribution < 1.29 is 14.7 Å². The summed E-state index contributed by atoms with van der Waals surface area (Å²) in [4.78, 5) is 15.7. The van der Waals surface area contributed by atoms with Crippen LogP contribution >= 0.6 is 23.2 Å². The Morgan fingerprint density at radius 3 is 2.74 bits per heavy atom. The number of carbonyl (C=O) groups is 1. The molecule has 1 aromatic carbocycles. The molecule has 0 spiro atoms. The Hall–Kier alpha value is -1.27. The third-order valence-electron chi connectivity index (χ3n) is 2.11. The summed E-state index contributed by atoms with van der Waals surface area (Å²) in [6, 6.07) is 4.95. The van der Waals surface area contributed by atoms with E-state index in [1.807, 2.05) is 0 Å². The first-order chi connectivity index (χ1) is 9.04. The molecule has 0 unspecified atom stereocenters. The van der Waals surface area contributed by atoms with Crippen LogP contribution in [0.5, 0.6) is 0 Å². The lowest BCUT2D eigenvalue weighted by Crippen LogP contribution is -2.19. The number of nitrogens with two attached hydrogens (primary N) is 1. The molecule has 4 N–H and O–H groups in total. The zero-order chi connectivity index (χ0) is 14.3. The summed E-state index contributed by atoms with van der Waals surface area (Å²) in [5.74, 6) is -0.946. The molecule has 0 fully saturated rings. The van der Waals surface area contributed by atoms with Gasteiger partial charge in [-0.1, -0.05) is 29.3 Å². The monoisotopic (exact) mass is 304 g/mol. The number of hydroxylamine groups is 1. The number of aliphatic carboxylic acids is 1. The molecule has 1 rings (SSSR count). The van der Waals surface area contributed by atoms with Crippen LogP contribution in [0.1, 0.15) is 12.0 Å². The third-order valence-corrected chi connectivity index (χ3v) is 2.85. The van der Waals surface area contributed by atoms with Gasteiger partial charge in [0.1, 0.15) is 0 Å². The van der Waals surface area contributed by atoms with Gasteiger partial charge in [0, 0.05) is 12.1 Å². The fraction of sp³-hybridized carbons (Fsp3) is 0.250. The van der Waals surface area contributed by atoms with Crippen LogP contribution in [0.2, 0.25) is 10.0 Å². The second kappa shape index (κ2) is 8.01. The minimum absolute atomic E-state index is 0.144. The summed E-state index contributed by atoms with van der Waals surface area (Å²) in [6.07, 6.45) is 1.34. The van der Waals surface area contributed by atoms with Gasteiger partial charge in [-0.2, -0.15) is 0 Å². The standard InChI is InChI=1S/C12H14Cl2N2O3/c13-9-2-1-8(7-10(9)14)11(3-4-12(17)18)16-19-6-5-15/h1-3,7,16H,4-6,15H2,(H,17,18). The number of halogens is 2. The van der Waals surface area contributed by atoms with E-state index < -0.39 is 5.97 Å². The molecule has 0 atom stereocenters. The molecule has 0 radical (unpaired) electrons. The molecule has 0 bridgehead atoms. The van der Waals surface area contributed by atoms with Crippen molar-refractivity contribution in [1.82, 2.24) is 5.48 Å². The van der Waals surface area contributed by atoms with Crippen molar-refractivity contribution in [3.8, 4) is 0 Å². The molecule has 1 aromatic rings. The zero-order valence-corrected chi connectivity index (χ0v) is 11.5. The number of carboxylic acid groups (broad SMARTS) is 1. The van der Waals surface area contributed by atoms with Crippen molar-refractivity contribution in [1.29, 1.82) is 0 Å². The Labute approximate surface area is 120 Å². The van der Waals surface area contributed by atoms with Gasteiger partial charge >= 0.3 is 5.97 Å². The first kappa shape index (κ1) is 15.8. The van der Waals surface area contributed by atoms with Gasteiger partial charge in [-0.3, -0.25) is 15.1 Å². The summed E-state index contributed by atoms with van der Waals surface area (Å²) in [5, 5.41) is 9.50. The molecule has 0 saturated carbocycles. The normalized spacial score (nSPS) is 11.4. The largest absolute Gasteiger partial charge is 0.481 e. The van der Waals surface area contributed by atoms with Crippen molar-refractivity contribution >= 4 is 34.9 Å². The highest BCUT2D eigenvalue weighted by molar-refractivity contribution is 6.42. The fourth-order valence-corrected chi connectivity index (χ4v) is 1.56. The molecule has 0 aliphatic carbocycles. The van der Waals surface area contributed by atoms with E-state index in [-0.39, 0.29) is 6.42 Å². The molecular weight excluding hydrogens is 291 g/mol. The Kier molecular flexibility index (Phi) is 6.66. The van der Waals surface area contributed by atoms with Crippen LogP contribution in [-0.4, -0.2) is 24.2 Å². The summed E-state index contributed by atoms with van der Waals surface area (Å²) in [6.45, 7) is 0.645. The molecular formula is C12H14Cl2N2O3. The van der Waals surface area contributed by atoms with Gasteiger partial charge in [0.15, 0.2) is 0 Å². The maximum atomic E-state index is 10.6. The topological polar surface area (TPSA) is 84.6 Å². The third kappa shape index (κ3) is 5.48. The summed E-state index contributed by atoms with van der Waals surface area (Å²) < 4.78 is 0. The van der Waals surface area contributed by atoms with E-state index in [1.165, 1.54) is 6.08 Å². The number of nitrogens with one attached hydrogen (secondary N) is 1. The Bertz CT molecular complexity index is 478. The van der Waals surface area contributed by atoms with Crippen LogP contribution in [0.4, 0.5) is 0 Å². The average molecular weight is 305 g/mol. The molecule has 5 nitrogen and oxygen atoms in total. The molecule has 104 valence electrons. The number of benzene rings is 1. The van der Waals surface area contributed by atoms with E-state index in [1.54, 1.807) is 18.2 Å². The molecule has 19 heavy (non-hydrogen) atoms. The van der Waals surface area contributed by atoms with Crippen LogP contribution in [0, 0.1) is 0 Å². The lowest BCUT2D eigenvalue weighted by atomic mass is 10.1. The number of carboxylic acids is 1. The van der Waals surface area contributed by atoms with Gasteiger partial charge in [0.25, 0.3) is 0 Å². The van der Waals surface area contributed by atoms with E-state index in [9.17, 15) is 4.79 Å². The van der Waals surface area contributed by atoms with Crippen LogP contribution < -0.4 is 11.2 Å². The maximum Gasteiger partial charge on any atom is 0.307 e. The van der Waals surface area contributed by atoms with Crippen LogP contribution in [0.3, 0.4) is 0 Å². The summed E-state index contributed by atoms with van der Waals surface area (Å²) in [5.41, 5.74) is 9.13. The van der Waals surface area contributed by atoms with Crippen molar-refractivity contribution in [2.24, 2.45) is 5.73 Å². The average Bonchev–Trinajstić information content (AvgIpc) is 2.37. The number of hydrogen-bond acceptors (Lipinski definition) is 4. The molecule has 0 aromatic heterocycles. The minimum Gasteiger partial charge on any atom is -0.481 e. The zero-order valence-electron chi connectivity index (χ0n) is 10.0. The first-order valence-electron chi connectivity index (χ1n) is 5.50. The van der Waals surface area contributed by atoms with Crippen LogP contribution in [0.15, 0.2) is 24.3 Å². The molecule has 0 heterocycles. The second-order valence-corrected chi connectivity index (χ2v) is 4.40. The molecule has 0 amide bonds.